The van der Waals surface area contributed by atoms with Gasteiger partial charge in [-0.1, -0.05) is 86.6 Å². The lowest BCUT2D eigenvalue weighted by molar-refractivity contribution is -0.146. The second-order valence-electron chi connectivity index (χ2n) is 9.23. The molecule has 0 saturated carbocycles. The van der Waals surface area contributed by atoms with Crippen LogP contribution in [0.5, 0.6) is 5.75 Å². The van der Waals surface area contributed by atoms with Gasteiger partial charge in [0.1, 0.15) is 11.7 Å². The second-order valence-corrected chi connectivity index (χ2v) is 10.8. The van der Waals surface area contributed by atoms with Crippen LogP contribution in [0.3, 0.4) is 0 Å². The quantitative estimate of drug-likeness (QED) is 0.164. The number of nitrogens with zero attached hydrogens (tertiary/aromatic N) is 1. The first-order chi connectivity index (χ1) is 19.1. The molecule has 3 aromatic carbocycles. The maximum atomic E-state index is 13.3. The number of hydrogen-bond donors (Lipinski definition) is 0. The number of piperidine rings is 1. The minimum atomic E-state index is -5.85. The molecule has 3 aromatic rings. The average Bonchev–Trinajstić information content (AvgIpc) is 2.94. The molecule has 0 spiro atoms. The van der Waals surface area contributed by atoms with Gasteiger partial charge in [-0.15, -0.1) is 0 Å². The Morgan fingerprint density at radius 1 is 0.900 bits per heavy atom. The van der Waals surface area contributed by atoms with Gasteiger partial charge in [0.15, 0.2) is 0 Å². The topological polar surface area (TPSA) is 72.9 Å². The van der Waals surface area contributed by atoms with Crippen LogP contribution in [-0.4, -0.2) is 44.5 Å². The number of rotatable bonds is 9. The molecule has 1 fully saturated rings. The highest BCUT2D eigenvalue weighted by molar-refractivity contribution is 7.88. The van der Waals surface area contributed by atoms with Crippen molar-refractivity contribution in [3.63, 3.8) is 0 Å². The summed E-state index contributed by atoms with van der Waals surface area (Å²) < 4.78 is 71.3. The van der Waals surface area contributed by atoms with E-state index in [-0.39, 0.29) is 18.1 Å². The number of ether oxygens (including phenoxy) is 1. The monoisotopic (exact) mass is 577 g/mol. The predicted molar refractivity (Wildman–Crippen MR) is 147 cm³/mol. The van der Waals surface area contributed by atoms with Crippen LogP contribution in [0.25, 0.3) is 0 Å². The Hall–Kier alpha value is -3.37. The van der Waals surface area contributed by atoms with Crippen LogP contribution in [0.2, 0.25) is 0 Å². The SMILES string of the molecule is CC.O=C(OCC1CCN(Cc2ccccc2)CC1)C(c1ccccc1)c1cccc(OS(=O)(=O)C(F)(F)F)c1. The summed E-state index contributed by atoms with van der Waals surface area (Å²) in [5, 5.41) is 0. The van der Waals surface area contributed by atoms with Crippen molar-refractivity contribution in [1.82, 2.24) is 4.90 Å². The zero-order valence-corrected chi connectivity index (χ0v) is 23.3. The van der Waals surface area contributed by atoms with Gasteiger partial charge in [0.05, 0.1) is 6.61 Å². The lowest BCUT2D eigenvalue weighted by Gasteiger charge is -2.32. The Balaban J connectivity index is 0.00000216. The molecule has 0 bridgehead atoms. The van der Waals surface area contributed by atoms with Crippen molar-refractivity contribution in [2.75, 3.05) is 19.7 Å². The molecular formula is C30H34F3NO5S. The van der Waals surface area contributed by atoms with Crippen molar-refractivity contribution in [1.29, 1.82) is 0 Å². The van der Waals surface area contributed by atoms with Crippen molar-refractivity contribution >= 4 is 16.1 Å². The van der Waals surface area contributed by atoms with Gasteiger partial charge in [-0.2, -0.15) is 21.6 Å². The van der Waals surface area contributed by atoms with Crippen LogP contribution in [0, 0.1) is 5.92 Å². The van der Waals surface area contributed by atoms with Gasteiger partial charge in [-0.25, -0.2) is 0 Å². The number of hydrogen-bond acceptors (Lipinski definition) is 6. The minimum Gasteiger partial charge on any atom is -0.465 e. The van der Waals surface area contributed by atoms with E-state index in [9.17, 15) is 26.4 Å². The first-order valence-electron chi connectivity index (χ1n) is 13.2. The zero-order chi connectivity index (χ0) is 29.2. The van der Waals surface area contributed by atoms with E-state index in [0.29, 0.717) is 5.56 Å². The maximum absolute atomic E-state index is 13.3. The molecule has 1 atom stereocenters. The zero-order valence-electron chi connectivity index (χ0n) is 22.5. The van der Waals surface area contributed by atoms with Crippen LogP contribution in [0.4, 0.5) is 13.2 Å². The molecule has 0 amide bonds. The Morgan fingerprint density at radius 3 is 2.08 bits per heavy atom. The van der Waals surface area contributed by atoms with E-state index in [2.05, 4.69) is 21.2 Å². The molecule has 0 N–H and O–H groups in total. The molecular weight excluding hydrogens is 543 g/mol. The summed E-state index contributed by atoms with van der Waals surface area (Å²) in [5.74, 6) is -1.89. The molecule has 4 rings (SSSR count). The van der Waals surface area contributed by atoms with Crippen LogP contribution in [-0.2, 0) is 26.2 Å². The van der Waals surface area contributed by atoms with Crippen LogP contribution < -0.4 is 4.18 Å². The normalized spacial score (nSPS) is 15.4. The van der Waals surface area contributed by atoms with Gasteiger partial charge in [0.25, 0.3) is 0 Å². The van der Waals surface area contributed by atoms with Gasteiger partial charge in [0.2, 0.25) is 0 Å². The van der Waals surface area contributed by atoms with Crippen molar-refractivity contribution in [3.8, 4) is 5.75 Å². The highest BCUT2D eigenvalue weighted by Crippen LogP contribution is 2.32. The van der Waals surface area contributed by atoms with E-state index in [1.807, 2.05) is 32.0 Å². The summed E-state index contributed by atoms with van der Waals surface area (Å²) in [5.41, 5.74) is -3.51. The Bertz CT molecular complexity index is 1310. The molecule has 40 heavy (non-hydrogen) atoms. The molecule has 10 heteroatoms. The standard InChI is InChI=1S/C28H28F3NO5S.C2H6/c29-28(30,31)38(34,35)37-25-13-7-12-24(18-25)26(23-10-5-2-6-11-23)27(33)36-20-22-14-16-32(17-15-22)19-21-8-3-1-4-9-21;1-2/h1-13,18,22,26H,14-17,19-20H2;1-2H3. The first-order valence-corrected chi connectivity index (χ1v) is 14.6. The van der Waals surface area contributed by atoms with E-state index in [4.69, 9.17) is 4.74 Å². The fraction of sp³-hybridized carbons (Fsp3) is 0.367. The second kappa shape index (κ2) is 14.3. The number of likely N-dealkylation sites (tertiary alicyclic amines) is 1. The number of carbonyl (C=O) groups is 1. The Labute approximate surface area is 233 Å². The van der Waals surface area contributed by atoms with E-state index in [0.717, 1.165) is 44.6 Å². The summed E-state index contributed by atoms with van der Waals surface area (Å²) >= 11 is 0. The van der Waals surface area contributed by atoms with E-state index < -0.39 is 33.3 Å². The fourth-order valence-corrected chi connectivity index (χ4v) is 4.92. The van der Waals surface area contributed by atoms with Crippen LogP contribution in [0.15, 0.2) is 84.9 Å². The fourth-order valence-electron chi connectivity index (χ4n) is 4.47. The van der Waals surface area contributed by atoms with Gasteiger partial charge >= 0.3 is 21.6 Å². The summed E-state index contributed by atoms with van der Waals surface area (Å²) in [4.78, 5) is 15.6. The molecule has 216 valence electrons. The smallest absolute Gasteiger partial charge is 0.465 e. The highest BCUT2D eigenvalue weighted by Gasteiger charge is 2.48. The molecule has 0 aromatic heterocycles. The number of carbonyl (C=O) groups excluding carboxylic acids is 1. The van der Waals surface area contributed by atoms with Crippen molar-refractivity contribution in [2.24, 2.45) is 5.92 Å². The predicted octanol–water partition coefficient (Wildman–Crippen LogP) is 6.53. The van der Waals surface area contributed by atoms with E-state index >= 15 is 0 Å². The van der Waals surface area contributed by atoms with E-state index in [1.54, 1.807) is 30.3 Å². The van der Waals surface area contributed by atoms with Gasteiger partial charge in [-0.05, 0) is 60.7 Å². The third kappa shape index (κ3) is 8.56. The van der Waals surface area contributed by atoms with Crippen molar-refractivity contribution < 1.29 is 35.3 Å². The van der Waals surface area contributed by atoms with Gasteiger partial charge in [-0.3, -0.25) is 9.69 Å². The molecule has 0 aliphatic carbocycles. The Morgan fingerprint density at radius 2 is 1.48 bits per heavy atom. The maximum Gasteiger partial charge on any atom is 0.534 e. The largest absolute Gasteiger partial charge is 0.534 e. The summed E-state index contributed by atoms with van der Waals surface area (Å²) in [7, 11) is -5.85. The highest BCUT2D eigenvalue weighted by atomic mass is 32.2. The van der Waals surface area contributed by atoms with Crippen molar-refractivity contribution in [3.05, 3.63) is 102 Å². The molecule has 6 nitrogen and oxygen atoms in total. The minimum absolute atomic E-state index is 0.189. The summed E-state index contributed by atoms with van der Waals surface area (Å²) in [6, 6.07) is 23.9. The molecule has 1 saturated heterocycles. The molecule has 1 heterocycles. The molecule has 1 aliphatic rings. The van der Waals surface area contributed by atoms with Crippen molar-refractivity contribution in [2.45, 2.75) is 44.7 Å². The number of halogens is 3. The van der Waals surface area contributed by atoms with Crippen LogP contribution >= 0.6 is 0 Å². The number of esters is 1. The molecule has 1 unspecified atom stereocenters. The molecule has 0 radical (unpaired) electrons. The summed E-state index contributed by atoms with van der Waals surface area (Å²) in [6.45, 7) is 6.85. The summed E-state index contributed by atoms with van der Waals surface area (Å²) in [6.07, 6.45) is 1.74. The number of benzene rings is 3. The Kier molecular flexibility index (Phi) is 11.2. The molecule has 1 aliphatic heterocycles. The third-order valence-corrected chi connectivity index (χ3v) is 7.45. The van der Waals surface area contributed by atoms with Crippen LogP contribution in [0.1, 0.15) is 49.3 Å². The number of alkyl halides is 3. The lowest BCUT2D eigenvalue weighted by atomic mass is 9.91. The van der Waals surface area contributed by atoms with Gasteiger partial charge in [0, 0.05) is 6.54 Å². The van der Waals surface area contributed by atoms with E-state index in [1.165, 1.54) is 17.7 Å². The lowest BCUT2D eigenvalue weighted by Crippen LogP contribution is -2.35. The first kappa shape index (κ1) is 31.2. The van der Waals surface area contributed by atoms with Gasteiger partial charge < -0.3 is 8.92 Å². The third-order valence-electron chi connectivity index (χ3n) is 6.47. The average molecular weight is 578 g/mol.